The highest BCUT2D eigenvalue weighted by atomic mass is 16.2. The van der Waals surface area contributed by atoms with Gasteiger partial charge in [-0.2, -0.15) is 0 Å². The fraction of sp³-hybridized carbons (Fsp3) is 0.652. The molecule has 1 aromatic rings. The second-order valence-corrected chi connectivity index (χ2v) is 8.97. The van der Waals surface area contributed by atoms with Crippen LogP contribution in [0, 0.1) is 18.8 Å². The fourth-order valence-corrected chi connectivity index (χ4v) is 4.70. The summed E-state index contributed by atoms with van der Waals surface area (Å²) in [6.45, 7) is 11.3. The Bertz CT molecular complexity index is 708. The van der Waals surface area contributed by atoms with Crippen molar-refractivity contribution in [3.8, 4) is 0 Å². The molecule has 1 aromatic carbocycles. The minimum absolute atomic E-state index is 0.0948. The summed E-state index contributed by atoms with van der Waals surface area (Å²) in [5.74, 6) is 1.32. The zero-order valence-corrected chi connectivity index (χ0v) is 17.8. The normalized spacial score (nSPS) is 25.5. The summed E-state index contributed by atoms with van der Waals surface area (Å²) in [6.07, 6.45) is 4.56. The molecule has 5 nitrogen and oxygen atoms in total. The summed E-state index contributed by atoms with van der Waals surface area (Å²) in [6, 6.07) is 6.11. The molecule has 2 aliphatic heterocycles. The highest BCUT2D eigenvalue weighted by molar-refractivity contribution is 5.95. The topological polar surface area (TPSA) is 52.7 Å². The summed E-state index contributed by atoms with van der Waals surface area (Å²) in [4.78, 5) is 29.6. The van der Waals surface area contributed by atoms with Crippen molar-refractivity contribution < 1.29 is 9.59 Å². The molecule has 3 unspecified atom stereocenters. The van der Waals surface area contributed by atoms with Crippen LogP contribution in [0.3, 0.4) is 0 Å². The standard InChI is InChI=1S/C23H35N3O2/c1-16-11-17(2)15-25(14-16)23(28)20-9-8-18(3)21(12-20)24-13-22(27)26-10-6-5-7-19(26)4/h8-9,12,16-17,19,24H,5-7,10-11,13-15H2,1-4H3. The number of likely N-dealkylation sites (tertiary alicyclic amines) is 2. The molecule has 154 valence electrons. The van der Waals surface area contributed by atoms with E-state index in [0.717, 1.165) is 43.7 Å². The Morgan fingerprint density at radius 3 is 2.50 bits per heavy atom. The van der Waals surface area contributed by atoms with Crippen LogP contribution < -0.4 is 5.32 Å². The molecule has 2 fully saturated rings. The molecule has 2 amide bonds. The minimum atomic E-state index is 0.0948. The number of carbonyl (C=O) groups excluding carboxylic acids is 2. The smallest absolute Gasteiger partial charge is 0.253 e. The zero-order valence-electron chi connectivity index (χ0n) is 17.8. The molecule has 2 aliphatic rings. The zero-order chi connectivity index (χ0) is 20.3. The van der Waals surface area contributed by atoms with E-state index in [0.29, 0.717) is 23.4 Å². The van der Waals surface area contributed by atoms with Crippen LogP contribution in [0.2, 0.25) is 0 Å². The highest BCUT2D eigenvalue weighted by Crippen LogP contribution is 2.24. The second-order valence-electron chi connectivity index (χ2n) is 8.97. The van der Waals surface area contributed by atoms with Crippen molar-refractivity contribution in [3.63, 3.8) is 0 Å². The molecule has 0 aromatic heterocycles. The van der Waals surface area contributed by atoms with Crippen LogP contribution in [0.15, 0.2) is 18.2 Å². The van der Waals surface area contributed by atoms with E-state index in [4.69, 9.17) is 0 Å². The number of nitrogens with one attached hydrogen (secondary N) is 1. The molecule has 1 N–H and O–H groups in total. The van der Waals surface area contributed by atoms with Crippen molar-refractivity contribution in [3.05, 3.63) is 29.3 Å². The van der Waals surface area contributed by atoms with E-state index in [1.807, 2.05) is 34.9 Å². The van der Waals surface area contributed by atoms with Crippen LogP contribution in [-0.4, -0.2) is 53.8 Å². The largest absolute Gasteiger partial charge is 0.376 e. The van der Waals surface area contributed by atoms with E-state index < -0.39 is 0 Å². The number of aryl methyl sites for hydroxylation is 1. The van der Waals surface area contributed by atoms with Gasteiger partial charge in [0, 0.05) is 36.9 Å². The van der Waals surface area contributed by atoms with Gasteiger partial charge in [0.15, 0.2) is 0 Å². The molecule has 2 saturated heterocycles. The SMILES string of the molecule is Cc1ccc(C(=O)N2CC(C)CC(C)C2)cc1NCC(=O)N1CCCCC1C. The van der Waals surface area contributed by atoms with Gasteiger partial charge in [0.2, 0.25) is 5.91 Å². The van der Waals surface area contributed by atoms with Crippen LogP contribution in [-0.2, 0) is 4.79 Å². The first-order valence-corrected chi connectivity index (χ1v) is 10.8. The van der Waals surface area contributed by atoms with Crippen molar-refractivity contribution in [1.29, 1.82) is 0 Å². The molecule has 2 heterocycles. The Kier molecular flexibility index (Phi) is 6.63. The van der Waals surface area contributed by atoms with E-state index in [1.165, 1.54) is 12.8 Å². The van der Waals surface area contributed by atoms with Crippen molar-refractivity contribution in [2.45, 2.75) is 59.4 Å². The van der Waals surface area contributed by atoms with Gasteiger partial charge in [-0.25, -0.2) is 0 Å². The van der Waals surface area contributed by atoms with Crippen molar-refractivity contribution >= 4 is 17.5 Å². The molecular formula is C23H35N3O2. The maximum atomic E-state index is 13.0. The van der Waals surface area contributed by atoms with E-state index in [1.54, 1.807) is 0 Å². The first-order chi connectivity index (χ1) is 13.3. The average Bonchev–Trinajstić information content (AvgIpc) is 2.66. The second kappa shape index (κ2) is 8.97. The van der Waals surface area contributed by atoms with Gasteiger partial charge >= 0.3 is 0 Å². The van der Waals surface area contributed by atoms with Crippen LogP contribution in [0.4, 0.5) is 5.69 Å². The predicted molar refractivity (Wildman–Crippen MR) is 114 cm³/mol. The Morgan fingerprint density at radius 2 is 1.82 bits per heavy atom. The molecule has 0 saturated carbocycles. The third-order valence-electron chi connectivity index (χ3n) is 6.19. The van der Waals surface area contributed by atoms with Gasteiger partial charge in [-0.3, -0.25) is 9.59 Å². The maximum Gasteiger partial charge on any atom is 0.253 e. The van der Waals surface area contributed by atoms with Gasteiger partial charge in [0.25, 0.3) is 5.91 Å². The third-order valence-corrected chi connectivity index (χ3v) is 6.19. The van der Waals surface area contributed by atoms with Crippen LogP contribution in [0.1, 0.15) is 62.4 Å². The summed E-state index contributed by atoms with van der Waals surface area (Å²) in [7, 11) is 0. The molecule has 0 radical (unpaired) electrons. The van der Waals surface area contributed by atoms with Crippen molar-refractivity contribution in [1.82, 2.24) is 9.80 Å². The summed E-state index contributed by atoms with van der Waals surface area (Å²) in [5, 5.41) is 3.28. The van der Waals surface area contributed by atoms with Crippen LogP contribution >= 0.6 is 0 Å². The lowest BCUT2D eigenvalue weighted by molar-refractivity contribution is -0.132. The summed E-state index contributed by atoms with van der Waals surface area (Å²) in [5.41, 5.74) is 2.63. The first kappa shape index (κ1) is 20.7. The molecule has 3 rings (SSSR count). The number of carbonyl (C=O) groups is 2. The monoisotopic (exact) mass is 385 g/mol. The molecule has 28 heavy (non-hydrogen) atoms. The average molecular weight is 386 g/mol. The number of anilines is 1. The van der Waals surface area contributed by atoms with Gasteiger partial charge < -0.3 is 15.1 Å². The quantitative estimate of drug-likeness (QED) is 0.854. The Hall–Kier alpha value is -2.04. The van der Waals surface area contributed by atoms with Crippen molar-refractivity contribution in [2.24, 2.45) is 11.8 Å². The highest BCUT2D eigenvalue weighted by Gasteiger charge is 2.27. The number of piperidine rings is 2. The molecular weight excluding hydrogens is 350 g/mol. The number of benzene rings is 1. The lowest BCUT2D eigenvalue weighted by Gasteiger charge is -2.35. The van der Waals surface area contributed by atoms with Crippen LogP contribution in [0.25, 0.3) is 0 Å². The van der Waals surface area contributed by atoms with Crippen LogP contribution in [0.5, 0.6) is 0 Å². The number of hydrogen-bond donors (Lipinski definition) is 1. The van der Waals surface area contributed by atoms with E-state index in [2.05, 4.69) is 26.1 Å². The molecule has 0 spiro atoms. The number of nitrogens with zero attached hydrogens (tertiary/aromatic N) is 2. The third kappa shape index (κ3) is 4.86. The predicted octanol–water partition coefficient (Wildman–Crippen LogP) is 3.93. The van der Waals surface area contributed by atoms with Gasteiger partial charge in [0.05, 0.1) is 6.54 Å². The number of amides is 2. The van der Waals surface area contributed by atoms with Gasteiger partial charge in [-0.1, -0.05) is 19.9 Å². The Balaban J connectivity index is 1.66. The molecule has 0 aliphatic carbocycles. The van der Waals surface area contributed by atoms with E-state index in [-0.39, 0.29) is 18.4 Å². The first-order valence-electron chi connectivity index (χ1n) is 10.8. The fourth-order valence-electron chi connectivity index (χ4n) is 4.70. The maximum absolute atomic E-state index is 13.0. The van der Waals surface area contributed by atoms with Crippen molar-refractivity contribution in [2.75, 3.05) is 31.5 Å². The minimum Gasteiger partial charge on any atom is -0.376 e. The van der Waals surface area contributed by atoms with E-state index in [9.17, 15) is 9.59 Å². The Labute approximate surface area is 169 Å². The van der Waals surface area contributed by atoms with Gasteiger partial charge in [-0.05, 0) is 69.1 Å². The summed E-state index contributed by atoms with van der Waals surface area (Å²) >= 11 is 0. The molecule has 3 atom stereocenters. The summed E-state index contributed by atoms with van der Waals surface area (Å²) < 4.78 is 0. The number of rotatable bonds is 4. The molecule has 0 bridgehead atoms. The van der Waals surface area contributed by atoms with Gasteiger partial charge in [-0.15, -0.1) is 0 Å². The van der Waals surface area contributed by atoms with E-state index >= 15 is 0 Å². The number of hydrogen-bond acceptors (Lipinski definition) is 3. The van der Waals surface area contributed by atoms with Gasteiger partial charge in [0.1, 0.15) is 0 Å². The lowest BCUT2D eigenvalue weighted by atomic mass is 9.91. The Morgan fingerprint density at radius 1 is 1.11 bits per heavy atom. The lowest BCUT2D eigenvalue weighted by Crippen LogP contribution is -2.44. The molecule has 5 heteroatoms.